The molecule has 1 heterocycles. The second kappa shape index (κ2) is 3.87. The Morgan fingerprint density at radius 2 is 2.12 bits per heavy atom. The summed E-state index contributed by atoms with van der Waals surface area (Å²) < 4.78 is 19.5. The van der Waals surface area contributed by atoms with Crippen LogP contribution in [0.2, 0.25) is 0 Å². The lowest BCUT2D eigenvalue weighted by molar-refractivity contribution is 0.0543. The molecule has 0 saturated heterocycles. The highest BCUT2D eigenvalue weighted by molar-refractivity contribution is 5.89. The lowest BCUT2D eigenvalue weighted by Gasteiger charge is -2.19. The van der Waals surface area contributed by atoms with E-state index in [1.807, 2.05) is 0 Å². The summed E-state index contributed by atoms with van der Waals surface area (Å²) in [5.74, 6) is -0.394. The summed E-state index contributed by atoms with van der Waals surface area (Å²) in [7, 11) is 0. The van der Waals surface area contributed by atoms with Gasteiger partial charge in [0.2, 0.25) is 0 Å². The minimum atomic E-state index is -0.588. The minimum Gasteiger partial charge on any atom is -0.443 e. The molecule has 2 rings (SSSR count). The average molecular weight is 234 g/mol. The van der Waals surface area contributed by atoms with E-state index in [9.17, 15) is 9.18 Å². The van der Waals surface area contributed by atoms with Gasteiger partial charge in [0.05, 0.1) is 11.7 Å². The van der Waals surface area contributed by atoms with Gasteiger partial charge in [-0.1, -0.05) is 0 Å². The van der Waals surface area contributed by atoms with Crippen LogP contribution in [-0.2, 0) is 4.74 Å². The number of nitrogens with zero attached hydrogens (tertiary/aromatic N) is 1. The van der Waals surface area contributed by atoms with Crippen molar-refractivity contribution in [2.24, 2.45) is 0 Å². The van der Waals surface area contributed by atoms with E-state index >= 15 is 0 Å². The van der Waals surface area contributed by atoms with E-state index in [2.05, 4.69) is 6.20 Å². The normalized spacial score (nSPS) is 11.8. The highest BCUT2D eigenvalue weighted by Crippen LogP contribution is 2.18. The van der Waals surface area contributed by atoms with Crippen LogP contribution in [0.5, 0.6) is 0 Å². The lowest BCUT2D eigenvalue weighted by Crippen LogP contribution is -2.26. The third kappa shape index (κ3) is 2.46. The molecule has 0 fully saturated rings. The average Bonchev–Trinajstić information content (AvgIpc) is 2.57. The van der Waals surface area contributed by atoms with E-state index in [0.29, 0.717) is 5.52 Å². The van der Waals surface area contributed by atoms with Crippen LogP contribution in [0.15, 0.2) is 24.3 Å². The molecule has 1 aromatic heterocycles. The van der Waals surface area contributed by atoms with Gasteiger partial charge in [-0.2, -0.15) is 0 Å². The quantitative estimate of drug-likeness (QED) is 0.699. The Morgan fingerprint density at radius 3 is 2.76 bits per heavy atom. The summed E-state index contributed by atoms with van der Waals surface area (Å²) in [6.45, 7) is 5.32. The van der Waals surface area contributed by atoms with Crippen LogP contribution >= 0.6 is 0 Å². The molecule has 0 saturated carbocycles. The van der Waals surface area contributed by atoms with Crippen LogP contribution in [0.25, 0.3) is 10.9 Å². The Bertz CT molecular complexity index is 566. The zero-order chi connectivity index (χ0) is 12.6. The summed E-state index contributed by atoms with van der Waals surface area (Å²) in [5, 5.41) is 0.747. The van der Waals surface area contributed by atoms with Crippen LogP contribution in [0.1, 0.15) is 20.8 Å². The van der Waals surface area contributed by atoms with E-state index in [1.165, 1.54) is 16.7 Å². The maximum Gasteiger partial charge on any atom is 0.419 e. The van der Waals surface area contributed by atoms with E-state index < -0.39 is 17.5 Å². The van der Waals surface area contributed by atoms with Gasteiger partial charge >= 0.3 is 6.09 Å². The van der Waals surface area contributed by atoms with Gasteiger partial charge in [0.25, 0.3) is 0 Å². The molecule has 1 aromatic carbocycles. The summed E-state index contributed by atoms with van der Waals surface area (Å²) in [4.78, 5) is 11.8. The number of ether oxygens (including phenoxy) is 1. The Hall–Kier alpha value is -1.84. The summed E-state index contributed by atoms with van der Waals surface area (Å²) in [6, 6.07) is 5.85. The lowest BCUT2D eigenvalue weighted by atomic mass is 10.2. The molecule has 0 bridgehead atoms. The molecule has 0 aliphatic heterocycles. The van der Waals surface area contributed by atoms with Gasteiger partial charge in [-0.15, -0.1) is 0 Å². The van der Waals surface area contributed by atoms with Gasteiger partial charge in [-0.25, -0.2) is 13.8 Å². The number of carbonyl (C=O) groups excluding carboxylic acids is 1. The molecule has 17 heavy (non-hydrogen) atoms. The summed E-state index contributed by atoms with van der Waals surface area (Å²) in [5.41, 5.74) is -0.131. The largest absolute Gasteiger partial charge is 0.443 e. The number of benzene rings is 1. The smallest absolute Gasteiger partial charge is 0.419 e. The first kappa shape index (κ1) is 11.6. The van der Waals surface area contributed by atoms with Crippen molar-refractivity contribution < 1.29 is 13.9 Å². The maximum absolute atomic E-state index is 13.1. The van der Waals surface area contributed by atoms with Crippen molar-refractivity contribution in [3.63, 3.8) is 0 Å². The maximum atomic E-state index is 13.1. The topological polar surface area (TPSA) is 31.2 Å². The van der Waals surface area contributed by atoms with Gasteiger partial charge in [0, 0.05) is 5.39 Å². The molecule has 0 aliphatic rings. The van der Waals surface area contributed by atoms with Crippen molar-refractivity contribution in [2.45, 2.75) is 26.4 Å². The number of fused-ring (bicyclic) bond motifs is 1. The molecule has 89 valence electrons. The first-order valence-corrected chi connectivity index (χ1v) is 5.29. The van der Waals surface area contributed by atoms with E-state index in [4.69, 9.17) is 4.74 Å². The molecular formula is C13H13FNO2. The number of rotatable bonds is 0. The molecule has 0 atom stereocenters. The second-order valence-corrected chi connectivity index (χ2v) is 4.79. The highest BCUT2D eigenvalue weighted by Gasteiger charge is 2.19. The fourth-order valence-electron chi connectivity index (χ4n) is 1.49. The van der Waals surface area contributed by atoms with Crippen LogP contribution < -0.4 is 0 Å². The molecule has 0 spiro atoms. The van der Waals surface area contributed by atoms with E-state index in [1.54, 1.807) is 32.9 Å². The van der Waals surface area contributed by atoms with E-state index in [-0.39, 0.29) is 0 Å². The number of hydrogen-bond donors (Lipinski definition) is 0. The monoisotopic (exact) mass is 234 g/mol. The Balaban J connectivity index is 2.42. The third-order valence-corrected chi connectivity index (χ3v) is 2.16. The first-order valence-electron chi connectivity index (χ1n) is 5.29. The van der Waals surface area contributed by atoms with Crippen molar-refractivity contribution in [1.82, 2.24) is 4.57 Å². The molecule has 3 nitrogen and oxygen atoms in total. The molecule has 0 amide bonds. The Kier molecular flexibility index (Phi) is 2.65. The van der Waals surface area contributed by atoms with Gasteiger partial charge < -0.3 is 4.74 Å². The van der Waals surface area contributed by atoms with E-state index in [0.717, 1.165) is 5.39 Å². The molecule has 0 N–H and O–H groups in total. The predicted octanol–water partition coefficient (Wildman–Crippen LogP) is 3.36. The molecule has 4 heteroatoms. The standard InChI is InChI=1S/C13H13FNO2/c1-13(2,3)17-12(16)15-7-6-9-4-5-10(14)8-11(9)15/h4-6,8H,1-3H3. The zero-order valence-corrected chi connectivity index (χ0v) is 9.95. The molecule has 0 unspecified atom stereocenters. The number of aromatic nitrogens is 1. The van der Waals surface area contributed by atoms with Crippen LogP contribution in [0, 0.1) is 12.0 Å². The van der Waals surface area contributed by atoms with Gasteiger partial charge in [-0.05, 0) is 45.0 Å². The van der Waals surface area contributed by atoms with Crippen molar-refractivity contribution in [2.75, 3.05) is 0 Å². The molecule has 1 radical (unpaired) electrons. The van der Waals surface area contributed by atoms with Crippen molar-refractivity contribution >= 4 is 17.0 Å². The second-order valence-electron chi connectivity index (χ2n) is 4.79. The highest BCUT2D eigenvalue weighted by atomic mass is 19.1. The van der Waals surface area contributed by atoms with Gasteiger partial charge in [-0.3, -0.25) is 0 Å². The SMILES string of the molecule is CC(C)(C)OC(=O)n1[c]cc2ccc(F)cc21. The van der Waals surface area contributed by atoms with Crippen molar-refractivity contribution in [3.8, 4) is 0 Å². The predicted molar refractivity (Wildman–Crippen MR) is 62.4 cm³/mol. The Labute approximate surface area is 98.8 Å². The van der Waals surface area contributed by atoms with Crippen LogP contribution in [0.4, 0.5) is 9.18 Å². The van der Waals surface area contributed by atoms with Gasteiger partial charge in [0.1, 0.15) is 11.4 Å². The fourth-order valence-corrected chi connectivity index (χ4v) is 1.49. The fraction of sp³-hybridized carbons (Fsp3) is 0.308. The molecular weight excluding hydrogens is 221 g/mol. The molecule has 0 aliphatic carbocycles. The van der Waals surface area contributed by atoms with Crippen LogP contribution in [0.3, 0.4) is 0 Å². The Morgan fingerprint density at radius 1 is 1.41 bits per heavy atom. The molecule has 2 aromatic rings. The van der Waals surface area contributed by atoms with Crippen molar-refractivity contribution in [3.05, 3.63) is 36.3 Å². The third-order valence-electron chi connectivity index (χ3n) is 2.16. The number of hydrogen-bond acceptors (Lipinski definition) is 2. The number of halogens is 1. The summed E-state index contributed by atoms with van der Waals surface area (Å²) in [6.07, 6.45) is 2.18. The van der Waals surface area contributed by atoms with Crippen LogP contribution in [-0.4, -0.2) is 16.3 Å². The summed E-state index contributed by atoms with van der Waals surface area (Å²) >= 11 is 0. The number of carbonyl (C=O) groups is 1. The first-order chi connectivity index (χ1) is 7.87. The zero-order valence-electron chi connectivity index (χ0n) is 9.95. The minimum absolute atomic E-state index is 0.394. The van der Waals surface area contributed by atoms with Gasteiger partial charge in [0.15, 0.2) is 0 Å². The van der Waals surface area contributed by atoms with Crippen molar-refractivity contribution in [1.29, 1.82) is 0 Å².